The lowest BCUT2D eigenvalue weighted by atomic mass is 10.2. The van der Waals surface area contributed by atoms with Gasteiger partial charge in [-0.15, -0.1) is 0 Å². The van der Waals surface area contributed by atoms with Crippen LogP contribution in [0.15, 0.2) is 0 Å². The first-order chi connectivity index (χ1) is 5.20. The molecule has 0 N–H and O–H groups in total. The number of carbonyl (C=O) groups excluding carboxylic acids is 2. The standard InChI is InChI=1S/C7H9BrO3/c1-11-7(10)5-2-4(5)6(9)3-8/h4-5H,2-3H2,1H3/t4-,5+/m1/s1. The van der Waals surface area contributed by atoms with Gasteiger partial charge in [-0.2, -0.15) is 0 Å². The van der Waals surface area contributed by atoms with Crippen LogP contribution < -0.4 is 0 Å². The number of methoxy groups -OCH3 is 1. The van der Waals surface area contributed by atoms with Crippen LogP contribution in [0.25, 0.3) is 0 Å². The molecule has 0 amide bonds. The molecule has 3 nitrogen and oxygen atoms in total. The van der Waals surface area contributed by atoms with Crippen LogP contribution in [0.4, 0.5) is 0 Å². The number of hydrogen-bond donors (Lipinski definition) is 0. The normalized spacial score (nSPS) is 27.8. The highest BCUT2D eigenvalue weighted by Crippen LogP contribution is 2.40. The van der Waals surface area contributed by atoms with Gasteiger partial charge in [0, 0.05) is 5.92 Å². The van der Waals surface area contributed by atoms with Crippen LogP contribution in [0.3, 0.4) is 0 Å². The van der Waals surface area contributed by atoms with Gasteiger partial charge in [-0.3, -0.25) is 9.59 Å². The summed E-state index contributed by atoms with van der Waals surface area (Å²) in [5.74, 6) is -0.406. The van der Waals surface area contributed by atoms with E-state index in [4.69, 9.17) is 0 Å². The quantitative estimate of drug-likeness (QED) is 0.522. The molecule has 0 aliphatic heterocycles. The maximum Gasteiger partial charge on any atom is 0.309 e. The summed E-state index contributed by atoms with van der Waals surface area (Å²) >= 11 is 3.05. The largest absolute Gasteiger partial charge is 0.469 e. The van der Waals surface area contributed by atoms with E-state index in [0.29, 0.717) is 11.8 Å². The van der Waals surface area contributed by atoms with Crippen molar-refractivity contribution in [2.75, 3.05) is 12.4 Å². The molecule has 62 valence electrons. The lowest BCUT2D eigenvalue weighted by Crippen LogP contribution is -2.10. The molecule has 1 fully saturated rings. The topological polar surface area (TPSA) is 43.4 Å². The van der Waals surface area contributed by atoms with E-state index < -0.39 is 0 Å². The predicted octanol–water partition coefficient (Wildman–Crippen LogP) is 0.759. The first kappa shape index (κ1) is 8.71. The minimum atomic E-state index is -0.260. The van der Waals surface area contributed by atoms with E-state index in [0.717, 1.165) is 0 Å². The molecular formula is C7H9BrO3. The molecule has 1 saturated carbocycles. The fourth-order valence-electron chi connectivity index (χ4n) is 1.06. The second kappa shape index (κ2) is 3.34. The number of alkyl halides is 1. The van der Waals surface area contributed by atoms with Crippen molar-refractivity contribution >= 4 is 27.7 Å². The molecule has 2 atom stereocenters. The average Bonchev–Trinajstić information content (AvgIpc) is 2.80. The molecule has 0 unspecified atom stereocenters. The van der Waals surface area contributed by atoms with Crippen LogP contribution in [-0.2, 0) is 14.3 Å². The highest BCUT2D eigenvalue weighted by atomic mass is 79.9. The fourth-order valence-corrected chi connectivity index (χ4v) is 1.48. The summed E-state index contributed by atoms with van der Waals surface area (Å²) in [5.41, 5.74) is 0. The summed E-state index contributed by atoms with van der Waals surface area (Å²) in [6, 6.07) is 0. The lowest BCUT2D eigenvalue weighted by molar-refractivity contribution is -0.143. The Hall–Kier alpha value is -0.380. The van der Waals surface area contributed by atoms with E-state index in [1.807, 2.05) is 0 Å². The first-order valence-corrected chi connectivity index (χ1v) is 4.49. The highest BCUT2D eigenvalue weighted by Gasteiger charge is 2.47. The van der Waals surface area contributed by atoms with E-state index in [-0.39, 0.29) is 23.6 Å². The third kappa shape index (κ3) is 1.80. The summed E-state index contributed by atoms with van der Waals surface area (Å²) in [6.07, 6.45) is 0.664. The zero-order valence-electron chi connectivity index (χ0n) is 6.17. The van der Waals surface area contributed by atoms with Crippen molar-refractivity contribution in [1.29, 1.82) is 0 Å². The van der Waals surface area contributed by atoms with Gasteiger partial charge in [0.1, 0.15) is 5.78 Å². The summed E-state index contributed by atoms with van der Waals surface area (Å²) in [5, 5.41) is 0.338. The molecule has 0 spiro atoms. The number of esters is 1. The summed E-state index contributed by atoms with van der Waals surface area (Å²) in [6.45, 7) is 0. The average molecular weight is 221 g/mol. The molecule has 0 aromatic carbocycles. The molecular weight excluding hydrogens is 212 g/mol. The predicted molar refractivity (Wildman–Crippen MR) is 42.4 cm³/mol. The molecule has 4 heteroatoms. The lowest BCUT2D eigenvalue weighted by Gasteiger charge is -1.94. The Morgan fingerprint density at radius 1 is 1.55 bits per heavy atom. The van der Waals surface area contributed by atoms with Gasteiger partial charge in [-0.25, -0.2) is 0 Å². The molecule has 0 radical (unpaired) electrons. The number of ether oxygens (including phenoxy) is 1. The number of hydrogen-bond acceptors (Lipinski definition) is 3. The number of carbonyl (C=O) groups is 2. The van der Waals surface area contributed by atoms with Crippen molar-refractivity contribution in [3.05, 3.63) is 0 Å². The maximum atomic E-state index is 11.0. The highest BCUT2D eigenvalue weighted by molar-refractivity contribution is 9.09. The fraction of sp³-hybridized carbons (Fsp3) is 0.714. The van der Waals surface area contributed by atoms with Crippen LogP contribution in [0.5, 0.6) is 0 Å². The van der Waals surface area contributed by atoms with Gasteiger partial charge in [0.15, 0.2) is 0 Å². The van der Waals surface area contributed by atoms with E-state index in [9.17, 15) is 9.59 Å². The van der Waals surface area contributed by atoms with Crippen molar-refractivity contribution in [2.24, 2.45) is 11.8 Å². The van der Waals surface area contributed by atoms with Crippen LogP contribution in [0, 0.1) is 11.8 Å². The van der Waals surface area contributed by atoms with E-state index in [2.05, 4.69) is 20.7 Å². The van der Waals surface area contributed by atoms with E-state index in [1.165, 1.54) is 7.11 Å². The minimum absolute atomic E-state index is 0.0816. The SMILES string of the molecule is COC(=O)[C@H]1C[C@H]1C(=O)CBr. The van der Waals surface area contributed by atoms with Crippen molar-refractivity contribution in [3.63, 3.8) is 0 Å². The number of Topliss-reactive ketones (excluding diaryl/α,β-unsaturated/α-hetero) is 1. The molecule has 11 heavy (non-hydrogen) atoms. The van der Waals surface area contributed by atoms with E-state index in [1.54, 1.807) is 0 Å². The van der Waals surface area contributed by atoms with Crippen molar-refractivity contribution in [3.8, 4) is 0 Å². The third-order valence-electron chi connectivity index (χ3n) is 1.84. The van der Waals surface area contributed by atoms with Crippen LogP contribution in [0.2, 0.25) is 0 Å². The Labute approximate surface area is 73.2 Å². The van der Waals surface area contributed by atoms with Crippen LogP contribution in [0.1, 0.15) is 6.42 Å². The Morgan fingerprint density at radius 3 is 2.64 bits per heavy atom. The second-order valence-corrected chi connectivity index (χ2v) is 3.13. The van der Waals surface area contributed by atoms with Gasteiger partial charge in [0.05, 0.1) is 18.4 Å². The monoisotopic (exact) mass is 220 g/mol. The number of ketones is 1. The van der Waals surface area contributed by atoms with Gasteiger partial charge in [0.25, 0.3) is 0 Å². The maximum absolute atomic E-state index is 11.0. The summed E-state index contributed by atoms with van der Waals surface area (Å²) < 4.78 is 4.49. The molecule has 1 aliphatic carbocycles. The van der Waals surface area contributed by atoms with Crippen molar-refractivity contribution in [1.82, 2.24) is 0 Å². The zero-order valence-corrected chi connectivity index (χ0v) is 7.76. The van der Waals surface area contributed by atoms with Gasteiger partial charge in [0.2, 0.25) is 0 Å². The molecule has 0 heterocycles. The van der Waals surface area contributed by atoms with Gasteiger partial charge < -0.3 is 4.74 Å². The summed E-state index contributed by atoms with van der Waals surface area (Å²) in [4.78, 5) is 21.8. The minimum Gasteiger partial charge on any atom is -0.469 e. The van der Waals surface area contributed by atoms with Crippen LogP contribution >= 0.6 is 15.9 Å². The second-order valence-electron chi connectivity index (χ2n) is 2.57. The molecule has 1 rings (SSSR count). The Kier molecular flexibility index (Phi) is 2.65. The van der Waals surface area contributed by atoms with Gasteiger partial charge >= 0.3 is 5.97 Å². The van der Waals surface area contributed by atoms with Crippen LogP contribution in [-0.4, -0.2) is 24.2 Å². The molecule has 0 saturated heterocycles. The summed E-state index contributed by atoms with van der Waals surface area (Å²) in [7, 11) is 1.34. The Morgan fingerprint density at radius 2 is 2.18 bits per heavy atom. The molecule has 1 aliphatic rings. The first-order valence-electron chi connectivity index (χ1n) is 3.37. The van der Waals surface area contributed by atoms with Gasteiger partial charge in [-0.1, -0.05) is 15.9 Å². The zero-order chi connectivity index (χ0) is 8.43. The van der Waals surface area contributed by atoms with E-state index >= 15 is 0 Å². The number of rotatable bonds is 3. The molecule has 0 aromatic heterocycles. The van der Waals surface area contributed by atoms with Crippen molar-refractivity contribution < 1.29 is 14.3 Å². The van der Waals surface area contributed by atoms with Gasteiger partial charge in [-0.05, 0) is 6.42 Å². The molecule has 0 bridgehead atoms. The third-order valence-corrected chi connectivity index (χ3v) is 2.39. The Bertz CT molecular complexity index is 170. The van der Waals surface area contributed by atoms with Crippen molar-refractivity contribution in [2.45, 2.75) is 6.42 Å². The smallest absolute Gasteiger partial charge is 0.309 e. The number of halogens is 1. The molecule has 0 aromatic rings. The Balaban J connectivity index is 2.37.